The van der Waals surface area contributed by atoms with Gasteiger partial charge < -0.3 is 19.9 Å². The van der Waals surface area contributed by atoms with Crippen LogP contribution in [0.25, 0.3) is 0 Å². The summed E-state index contributed by atoms with van der Waals surface area (Å²) in [7, 11) is 1.58. The molecule has 1 atom stereocenters. The minimum absolute atomic E-state index is 0.192. The lowest BCUT2D eigenvalue weighted by atomic mass is 10.3. The van der Waals surface area contributed by atoms with Crippen molar-refractivity contribution in [2.24, 2.45) is 0 Å². The van der Waals surface area contributed by atoms with Gasteiger partial charge >= 0.3 is 0 Å². The highest BCUT2D eigenvalue weighted by Gasteiger charge is 2.07. The van der Waals surface area contributed by atoms with Gasteiger partial charge in [-0.25, -0.2) is 0 Å². The SMILES string of the molecule is C#CCNCC(O)COc1ccccc1OC. The van der Waals surface area contributed by atoms with Gasteiger partial charge in [0.05, 0.1) is 13.7 Å². The van der Waals surface area contributed by atoms with Crippen LogP contribution in [-0.2, 0) is 0 Å². The Bertz CT molecular complexity index is 373. The fourth-order valence-corrected chi connectivity index (χ4v) is 1.29. The number of terminal acetylenes is 1. The van der Waals surface area contributed by atoms with E-state index >= 15 is 0 Å². The molecule has 17 heavy (non-hydrogen) atoms. The zero-order valence-electron chi connectivity index (χ0n) is 9.85. The largest absolute Gasteiger partial charge is 0.493 e. The first-order valence-corrected chi connectivity index (χ1v) is 5.36. The molecule has 0 spiro atoms. The maximum atomic E-state index is 9.60. The van der Waals surface area contributed by atoms with Gasteiger partial charge in [-0.15, -0.1) is 6.42 Å². The summed E-state index contributed by atoms with van der Waals surface area (Å²) >= 11 is 0. The number of para-hydroxylation sites is 2. The molecule has 0 aromatic heterocycles. The number of aliphatic hydroxyl groups excluding tert-OH is 1. The molecule has 1 aromatic rings. The number of benzene rings is 1. The third-order valence-electron chi connectivity index (χ3n) is 2.11. The van der Waals surface area contributed by atoms with Crippen molar-refractivity contribution in [1.82, 2.24) is 5.32 Å². The van der Waals surface area contributed by atoms with Gasteiger partial charge in [0.25, 0.3) is 0 Å². The number of hydrogen-bond donors (Lipinski definition) is 2. The molecule has 1 rings (SSSR count). The van der Waals surface area contributed by atoms with Crippen LogP contribution >= 0.6 is 0 Å². The van der Waals surface area contributed by atoms with Crippen molar-refractivity contribution in [2.75, 3.05) is 26.8 Å². The van der Waals surface area contributed by atoms with Crippen molar-refractivity contribution in [3.8, 4) is 23.8 Å². The van der Waals surface area contributed by atoms with Crippen molar-refractivity contribution >= 4 is 0 Å². The van der Waals surface area contributed by atoms with Crippen LogP contribution in [0.5, 0.6) is 11.5 Å². The highest BCUT2D eigenvalue weighted by atomic mass is 16.5. The van der Waals surface area contributed by atoms with Crippen molar-refractivity contribution in [3.05, 3.63) is 24.3 Å². The lowest BCUT2D eigenvalue weighted by Gasteiger charge is -2.14. The van der Waals surface area contributed by atoms with Crippen molar-refractivity contribution in [3.63, 3.8) is 0 Å². The Morgan fingerprint density at radius 3 is 2.76 bits per heavy atom. The number of methoxy groups -OCH3 is 1. The van der Waals surface area contributed by atoms with E-state index in [0.717, 1.165) is 0 Å². The van der Waals surface area contributed by atoms with Crippen LogP contribution in [0.4, 0.5) is 0 Å². The van der Waals surface area contributed by atoms with Crippen LogP contribution in [0, 0.1) is 12.3 Å². The van der Waals surface area contributed by atoms with Gasteiger partial charge in [-0.2, -0.15) is 0 Å². The summed E-state index contributed by atoms with van der Waals surface area (Å²) in [5.74, 6) is 3.70. The lowest BCUT2D eigenvalue weighted by molar-refractivity contribution is 0.106. The van der Waals surface area contributed by atoms with E-state index in [9.17, 15) is 5.11 Å². The highest BCUT2D eigenvalue weighted by molar-refractivity contribution is 5.39. The van der Waals surface area contributed by atoms with Crippen molar-refractivity contribution in [2.45, 2.75) is 6.10 Å². The van der Waals surface area contributed by atoms with Gasteiger partial charge in [-0.1, -0.05) is 18.1 Å². The second kappa shape index (κ2) is 7.55. The minimum atomic E-state index is -0.603. The van der Waals surface area contributed by atoms with E-state index in [1.807, 2.05) is 12.1 Å². The summed E-state index contributed by atoms with van der Waals surface area (Å²) in [5, 5.41) is 12.5. The van der Waals surface area contributed by atoms with Crippen LogP contribution in [0.1, 0.15) is 0 Å². The first kappa shape index (κ1) is 13.4. The molecule has 0 saturated heterocycles. The standard InChI is InChI=1S/C13H17NO3/c1-3-8-14-9-11(15)10-17-13-7-5-4-6-12(13)16-2/h1,4-7,11,14-15H,8-10H2,2H3. The predicted octanol–water partition coefficient (Wildman–Crippen LogP) is 0.658. The van der Waals surface area contributed by atoms with Gasteiger partial charge in [-0.3, -0.25) is 0 Å². The molecule has 4 nitrogen and oxygen atoms in total. The van der Waals surface area contributed by atoms with Gasteiger partial charge in [0.15, 0.2) is 11.5 Å². The summed E-state index contributed by atoms with van der Waals surface area (Å²) in [6.45, 7) is 1.03. The van der Waals surface area contributed by atoms with Crippen LogP contribution in [-0.4, -0.2) is 38.0 Å². The summed E-state index contributed by atoms with van der Waals surface area (Å²) in [4.78, 5) is 0. The first-order chi connectivity index (χ1) is 8.27. The summed E-state index contributed by atoms with van der Waals surface area (Å²) in [5.41, 5.74) is 0. The fraction of sp³-hybridized carbons (Fsp3) is 0.385. The average molecular weight is 235 g/mol. The molecule has 0 amide bonds. The second-order valence-electron chi connectivity index (χ2n) is 3.45. The van der Waals surface area contributed by atoms with E-state index in [0.29, 0.717) is 24.6 Å². The van der Waals surface area contributed by atoms with Gasteiger partial charge in [0, 0.05) is 6.54 Å². The molecule has 0 aliphatic carbocycles. The number of nitrogens with one attached hydrogen (secondary N) is 1. The number of ether oxygens (including phenoxy) is 2. The molecular formula is C13H17NO3. The predicted molar refractivity (Wildman–Crippen MR) is 66.2 cm³/mol. The Hall–Kier alpha value is -1.70. The summed E-state index contributed by atoms with van der Waals surface area (Å²) < 4.78 is 10.6. The molecule has 0 radical (unpaired) electrons. The van der Waals surface area contributed by atoms with E-state index < -0.39 is 6.10 Å². The zero-order chi connectivity index (χ0) is 12.5. The molecule has 0 heterocycles. The third-order valence-corrected chi connectivity index (χ3v) is 2.11. The number of hydrogen-bond acceptors (Lipinski definition) is 4. The van der Waals surface area contributed by atoms with Gasteiger partial charge in [-0.05, 0) is 12.1 Å². The quantitative estimate of drug-likeness (QED) is 0.538. The minimum Gasteiger partial charge on any atom is -0.493 e. The van der Waals surface area contributed by atoms with Crippen LogP contribution in [0.2, 0.25) is 0 Å². The molecule has 1 aromatic carbocycles. The Morgan fingerprint density at radius 2 is 2.12 bits per heavy atom. The topological polar surface area (TPSA) is 50.7 Å². The molecule has 92 valence electrons. The molecule has 2 N–H and O–H groups in total. The van der Waals surface area contributed by atoms with Crippen molar-refractivity contribution in [1.29, 1.82) is 0 Å². The maximum absolute atomic E-state index is 9.60. The molecule has 0 bridgehead atoms. The lowest BCUT2D eigenvalue weighted by Crippen LogP contribution is -2.31. The Morgan fingerprint density at radius 1 is 1.41 bits per heavy atom. The van der Waals surface area contributed by atoms with Crippen molar-refractivity contribution < 1.29 is 14.6 Å². The number of aliphatic hydroxyl groups is 1. The number of rotatable bonds is 7. The zero-order valence-corrected chi connectivity index (χ0v) is 9.85. The maximum Gasteiger partial charge on any atom is 0.161 e. The molecule has 0 aliphatic heterocycles. The van der Waals surface area contributed by atoms with Crippen LogP contribution in [0.15, 0.2) is 24.3 Å². The molecule has 0 fully saturated rings. The van der Waals surface area contributed by atoms with E-state index in [1.165, 1.54) is 0 Å². The van der Waals surface area contributed by atoms with Crippen LogP contribution < -0.4 is 14.8 Å². The molecule has 0 saturated carbocycles. The monoisotopic (exact) mass is 235 g/mol. The Kier molecular flexibility index (Phi) is 5.94. The van der Waals surface area contributed by atoms with Gasteiger partial charge in [0.2, 0.25) is 0 Å². The van der Waals surface area contributed by atoms with E-state index in [-0.39, 0.29) is 6.61 Å². The Labute approximate surface area is 102 Å². The van der Waals surface area contributed by atoms with E-state index in [1.54, 1.807) is 19.2 Å². The smallest absolute Gasteiger partial charge is 0.161 e. The third kappa shape index (κ3) is 4.77. The molecule has 0 aliphatic rings. The normalized spacial score (nSPS) is 11.6. The van der Waals surface area contributed by atoms with E-state index in [4.69, 9.17) is 15.9 Å². The first-order valence-electron chi connectivity index (χ1n) is 5.36. The molecule has 1 unspecified atom stereocenters. The molecule has 4 heteroatoms. The summed E-state index contributed by atoms with van der Waals surface area (Å²) in [6, 6.07) is 7.30. The second-order valence-corrected chi connectivity index (χ2v) is 3.45. The highest BCUT2D eigenvalue weighted by Crippen LogP contribution is 2.25. The van der Waals surface area contributed by atoms with Crippen LogP contribution in [0.3, 0.4) is 0 Å². The Balaban J connectivity index is 2.37. The summed E-state index contributed by atoms with van der Waals surface area (Å²) in [6.07, 6.45) is 4.47. The van der Waals surface area contributed by atoms with E-state index in [2.05, 4.69) is 11.2 Å². The average Bonchev–Trinajstić information content (AvgIpc) is 2.37. The molecular weight excluding hydrogens is 218 g/mol. The fourth-order valence-electron chi connectivity index (χ4n) is 1.29. The van der Waals surface area contributed by atoms with Gasteiger partial charge in [0.1, 0.15) is 12.7 Å².